The highest BCUT2D eigenvalue weighted by molar-refractivity contribution is 5.15. The summed E-state index contributed by atoms with van der Waals surface area (Å²) < 4.78 is 5.11. The maximum absolute atomic E-state index is 5.11. The van der Waals surface area contributed by atoms with E-state index >= 15 is 0 Å². The molecule has 1 aromatic heterocycles. The van der Waals surface area contributed by atoms with Crippen LogP contribution in [0.5, 0.6) is 5.88 Å². The van der Waals surface area contributed by atoms with Crippen molar-refractivity contribution in [3.8, 4) is 5.88 Å². The van der Waals surface area contributed by atoms with E-state index < -0.39 is 0 Å². The van der Waals surface area contributed by atoms with Crippen molar-refractivity contribution in [1.82, 2.24) is 15.2 Å². The van der Waals surface area contributed by atoms with Crippen molar-refractivity contribution in [2.75, 3.05) is 33.8 Å². The van der Waals surface area contributed by atoms with Crippen molar-refractivity contribution in [2.45, 2.75) is 19.9 Å². The van der Waals surface area contributed by atoms with Crippen LogP contribution in [0.2, 0.25) is 0 Å². The van der Waals surface area contributed by atoms with Crippen molar-refractivity contribution in [2.24, 2.45) is 0 Å². The van der Waals surface area contributed by atoms with E-state index in [-0.39, 0.29) is 0 Å². The van der Waals surface area contributed by atoms with Gasteiger partial charge in [0, 0.05) is 25.7 Å². The highest BCUT2D eigenvalue weighted by atomic mass is 16.5. The highest BCUT2D eigenvalue weighted by Gasteiger charge is 2.02. The fraction of sp³-hybridized carbons (Fsp3) is 0.615. The van der Waals surface area contributed by atoms with Crippen molar-refractivity contribution < 1.29 is 4.74 Å². The van der Waals surface area contributed by atoms with Gasteiger partial charge in [0.15, 0.2) is 0 Å². The lowest BCUT2D eigenvalue weighted by atomic mass is 10.3. The average molecular weight is 237 g/mol. The van der Waals surface area contributed by atoms with Crippen LogP contribution in [-0.2, 0) is 6.54 Å². The zero-order valence-corrected chi connectivity index (χ0v) is 11.1. The third-order valence-corrected chi connectivity index (χ3v) is 2.52. The third kappa shape index (κ3) is 5.65. The second kappa shape index (κ2) is 8.03. The SMILES string of the molecule is CCCNCCN(C)Cc1cccc(OC)n1. The number of hydrogen-bond donors (Lipinski definition) is 1. The monoisotopic (exact) mass is 237 g/mol. The molecule has 0 aliphatic carbocycles. The summed E-state index contributed by atoms with van der Waals surface area (Å²) in [6.07, 6.45) is 1.18. The van der Waals surface area contributed by atoms with E-state index in [0.29, 0.717) is 5.88 Å². The third-order valence-electron chi connectivity index (χ3n) is 2.52. The van der Waals surface area contributed by atoms with Crippen LogP contribution >= 0.6 is 0 Å². The first-order valence-corrected chi connectivity index (χ1v) is 6.15. The summed E-state index contributed by atoms with van der Waals surface area (Å²) in [4.78, 5) is 6.65. The predicted molar refractivity (Wildman–Crippen MR) is 70.3 cm³/mol. The molecule has 0 radical (unpaired) electrons. The fourth-order valence-electron chi connectivity index (χ4n) is 1.59. The molecule has 0 unspecified atom stereocenters. The minimum Gasteiger partial charge on any atom is -0.481 e. The number of aromatic nitrogens is 1. The van der Waals surface area contributed by atoms with Gasteiger partial charge in [0.05, 0.1) is 12.8 Å². The molecule has 0 fully saturated rings. The van der Waals surface area contributed by atoms with Crippen LogP contribution in [0.15, 0.2) is 18.2 Å². The summed E-state index contributed by atoms with van der Waals surface area (Å²) in [6.45, 7) is 6.17. The zero-order valence-electron chi connectivity index (χ0n) is 11.1. The van der Waals surface area contributed by atoms with Gasteiger partial charge in [-0.05, 0) is 26.1 Å². The maximum atomic E-state index is 5.11. The van der Waals surface area contributed by atoms with Crippen LogP contribution in [0.3, 0.4) is 0 Å². The number of ether oxygens (including phenoxy) is 1. The van der Waals surface area contributed by atoms with Crippen molar-refractivity contribution in [3.63, 3.8) is 0 Å². The van der Waals surface area contributed by atoms with Crippen LogP contribution in [0.4, 0.5) is 0 Å². The summed E-state index contributed by atoms with van der Waals surface area (Å²) in [5.74, 6) is 0.681. The number of methoxy groups -OCH3 is 1. The fourth-order valence-corrected chi connectivity index (χ4v) is 1.59. The van der Waals surface area contributed by atoms with Crippen molar-refractivity contribution >= 4 is 0 Å². The molecule has 1 rings (SSSR count). The van der Waals surface area contributed by atoms with Gasteiger partial charge in [0.1, 0.15) is 0 Å². The van der Waals surface area contributed by atoms with Crippen LogP contribution in [-0.4, -0.2) is 43.7 Å². The molecule has 0 saturated heterocycles. The summed E-state index contributed by atoms with van der Waals surface area (Å²) in [5.41, 5.74) is 1.04. The lowest BCUT2D eigenvalue weighted by Crippen LogP contribution is -2.29. The van der Waals surface area contributed by atoms with Gasteiger partial charge in [-0.3, -0.25) is 4.90 Å². The Labute approximate surface area is 104 Å². The number of rotatable bonds is 8. The van der Waals surface area contributed by atoms with E-state index in [4.69, 9.17) is 4.74 Å². The van der Waals surface area contributed by atoms with Gasteiger partial charge < -0.3 is 10.1 Å². The van der Waals surface area contributed by atoms with E-state index in [2.05, 4.69) is 29.2 Å². The molecule has 0 aromatic carbocycles. The van der Waals surface area contributed by atoms with Crippen molar-refractivity contribution in [3.05, 3.63) is 23.9 Å². The highest BCUT2D eigenvalue weighted by Crippen LogP contribution is 2.07. The standard InChI is InChI=1S/C13H23N3O/c1-4-8-14-9-10-16(2)11-12-6-5-7-13(15-12)17-3/h5-7,14H,4,8-11H2,1-3H3. The average Bonchev–Trinajstić information content (AvgIpc) is 2.35. The molecule has 96 valence electrons. The molecular formula is C13H23N3O. The topological polar surface area (TPSA) is 37.4 Å². The Morgan fingerprint density at radius 3 is 2.88 bits per heavy atom. The lowest BCUT2D eigenvalue weighted by molar-refractivity contribution is 0.317. The van der Waals surface area contributed by atoms with Crippen LogP contribution in [0.1, 0.15) is 19.0 Å². The van der Waals surface area contributed by atoms with E-state index in [9.17, 15) is 0 Å². The zero-order chi connectivity index (χ0) is 12.5. The van der Waals surface area contributed by atoms with E-state index in [1.807, 2.05) is 18.2 Å². The summed E-state index contributed by atoms with van der Waals surface area (Å²) >= 11 is 0. The lowest BCUT2D eigenvalue weighted by Gasteiger charge is -2.16. The number of hydrogen-bond acceptors (Lipinski definition) is 4. The molecule has 4 nitrogen and oxygen atoms in total. The van der Waals surface area contributed by atoms with Gasteiger partial charge in [0.25, 0.3) is 0 Å². The molecule has 0 aliphatic rings. The first kappa shape index (κ1) is 13.9. The van der Waals surface area contributed by atoms with Gasteiger partial charge in [-0.2, -0.15) is 0 Å². The normalized spacial score (nSPS) is 10.8. The smallest absolute Gasteiger partial charge is 0.213 e. The molecule has 0 amide bonds. The molecule has 0 bridgehead atoms. The first-order valence-electron chi connectivity index (χ1n) is 6.15. The molecule has 0 aliphatic heterocycles. The number of nitrogens with zero attached hydrogens (tertiary/aromatic N) is 2. The molecule has 1 aromatic rings. The Bertz CT molecular complexity index is 317. The predicted octanol–water partition coefficient (Wildman–Crippen LogP) is 1.52. The maximum Gasteiger partial charge on any atom is 0.213 e. The van der Waals surface area contributed by atoms with Crippen LogP contribution in [0, 0.1) is 0 Å². The van der Waals surface area contributed by atoms with E-state index in [0.717, 1.165) is 31.9 Å². The Morgan fingerprint density at radius 1 is 1.35 bits per heavy atom. The molecule has 1 heterocycles. The largest absolute Gasteiger partial charge is 0.481 e. The Kier molecular flexibility index (Phi) is 6.58. The molecule has 17 heavy (non-hydrogen) atoms. The second-order valence-electron chi connectivity index (χ2n) is 4.16. The molecule has 0 spiro atoms. The van der Waals surface area contributed by atoms with Gasteiger partial charge >= 0.3 is 0 Å². The van der Waals surface area contributed by atoms with Crippen LogP contribution in [0.25, 0.3) is 0 Å². The van der Waals surface area contributed by atoms with Gasteiger partial charge in [-0.25, -0.2) is 4.98 Å². The number of pyridine rings is 1. The molecular weight excluding hydrogens is 214 g/mol. The Balaban J connectivity index is 2.31. The van der Waals surface area contributed by atoms with Gasteiger partial charge in [0.2, 0.25) is 5.88 Å². The van der Waals surface area contributed by atoms with Gasteiger partial charge in [-0.15, -0.1) is 0 Å². The molecule has 0 atom stereocenters. The quantitative estimate of drug-likeness (QED) is 0.696. The Morgan fingerprint density at radius 2 is 2.18 bits per heavy atom. The number of likely N-dealkylation sites (N-methyl/N-ethyl adjacent to an activating group) is 1. The molecule has 0 saturated carbocycles. The van der Waals surface area contributed by atoms with Crippen LogP contribution < -0.4 is 10.1 Å². The summed E-state index contributed by atoms with van der Waals surface area (Å²) in [6, 6.07) is 5.87. The second-order valence-corrected chi connectivity index (χ2v) is 4.16. The molecule has 1 N–H and O–H groups in total. The minimum absolute atomic E-state index is 0.681. The van der Waals surface area contributed by atoms with Crippen molar-refractivity contribution in [1.29, 1.82) is 0 Å². The first-order chi connectivity index (χ1) is 8.26. The minimum atomic E-state index is 0.681. The van der Waals surface area contributed by atoms with E-state index in [1.165, 1.54) is 6.42 Å². The summed E-state index contributed by atoms with van der Waals surface area (Å²) in [7, 11) is 3.75. The molecule has 4 heteroatoms. The van der Waals surface area contributed by atoms with Gasteiger partial charge in [-0.1, -0.05) is 13.0 Å². The Hall–Kier alpha value is -1.13. The summed E-state index contributed by atoms with van der Waals surface area (Å²) in [5, 5.41) is 3.39. The van der Waals surface area contributed by atoms with E-state index in [1.54, 1.807) is 7.11 Å². The number of nitrogens with one attached hydrogen (secondary N) is 1.